The molecule has 2 heteroatoms. The SMILES string of the molecule is CCC1CCC(C(C)(N)CCOC)CC1. The molecule has 0 aromatic rings. The van der Waals surface area contributed by atoms with E-state index in [1.165, 1.54) is 32.1 Å². The molecular formula is C13H27NO. The van der Waals surface area contributed by atoms with E-state index in [1.54, 1.807) is 7.11 Å². The lowest BCUT2D eigenvalue weighted by atomic mass is 9.71. The molecule has 1 saturated carbocycles. The molecule has 0 bridgehead atoms. The number of ether oxygens (including phenoxy) is 1. The van der Waals surface area contributed by atoms with Crippen LogP contribution in [0.4, 0.5) is 0 Å². The minimum atomic E-state index is -0.0191. The van der Waals surface area contributed by atoms with Crippen LogP contribution in [0.25, 0.3) is 0 Å². The van der Waals surface area contributed by atoms with Crippen LogP contribution in [0.15, 0.2) is 0 Å². The van der Waals surface area contributed by atoms with Crippen LogP contribution < -0.4 is 5.73 Å². The summed E-state index contributed by atoms with van der Waals surface area (Å²) in [6.45, 7) is 5.29. The second kappa shape index (κ2) is 5.86. The van der Waals surface area contributed by atoms with E-state index in [-0.39, 0.29) is 5.54 Å². The van der Waals surface area contributed by atoms with Gasteiger partial charge in [-0.05, 0) is 38.0 Å². The summed E-state index contributed by atoms with van der Waals surface area (Å²) >= 11 is 0. The maximum Gasteiger partial charge on any atom is 0.0479 e. The molecule has 0 spiro atoms. The van der Waals surface area contributed by atoms with E-state index in [0.717, 1.165) is 18.9 Å². The average Bonchev–Trinajstić information content (AvgIpc) is 2.26. The van der Waals surface area contributed by atoms with Gasteiger partial charge in [-0.3, -0.25) is 0 Å². The Balaban J connectivity index is 2.37. The van der Waals surface area contributed by atoms with Gasteiger partial charge in [-0.2, -0.15) is 0 Å². The van der Waals surface area contributed by atoms with Gasteiger partial charge in [0.15, 0.2) is 0 Å². The molecule has 1 unspecified atom stereocenters. The Hall–Kier alpha value is -0.0800. The van der Waals surface area contributed by atoms with E-state index in [0.29, 0.717) is 5.92 Å². The predicted molar refractivity (Wildman–Crippen MR) is 64.8 cm³/mol. The lowest BCUT2D eigenvalue weighted by Gasteiger charge is -2.39. The van der Waals surface area contributed by atoms with Crippen LogP contribution in [0.5, 0.6) is 0 Å². The van der Waals surface area contributed by atoms with E-state index in [9.17, 15) is 0 Å². The zero-order valence-electron chi connectivity index (χ0n) is 10.6. The Morgan fingerprint density at radius 3 is 2.33 bits per heavy atom. The van der Waals surface area contributed by atoms with Crippen LogP contribution in [-0.4, -0.2) is 19.3 Å². The van der Waals surface area contributed by atoms with Crippen LogP contribution in [0, 0.1) is 11.8 Å². The molecule has 2 N–H and O–H groups in total. The van der Waals surface area contributed by atoms with E-state index in [4.69, 9.17) is 10.5 Å². The fourth-order valence-corrected chi connectivity index (χ4v) is 2.76. The van der Waals surface area contributed by atoms with Crippen molar-refractivity contribution in [3.63, 3.8) is 0 Å². The van der Waals surface area contributed by atoms with Crippen LogP contribution in [-0.2, 0) is 4.74 Å². The monoisotopic (exact) mass is 213 g/mol. The minimum absolute atomic E-state index is 0.0191. The molecule has 1 aliphatic rings. The molecule has 0 heterocycles. The van der Waals surface area contributed by atoms with Gasteiger partial charge in [-0.1, -0.05) is 26.2 Å². The Bertz CT molecular complexity index is 171. The van der Waals surface area contributed by atoms with Crippen molar-refractivity contribution in [3.05, 3.63) is 0 Å². The maximum atomic E-state index is 6.38. The molecule has 1 rings (SSSR count). The molecule has 0 aromatic heterocycles. The fourth-order valence-electron chi connectivity index (χ4n) is 2.76. The summed E-state index contributed by atoms with van der Waals surface area (Å²) < 4.78 is 5.13. The van der Waals surface area contributed by atoms with Crippen LogP contribution in [0.3, 0.4) is 0 Å². The zero-order valence-corrected chi connectivity index (χ0v) is 10.6. The smallest absolute Gasteiger partial charge is 0.0479 e. The standard InChI is InChI=1S/C13H27NO/c1-4-11-5-7-12(8-6-11)13(2,14)9-10-15-3/h11-12H,4-10,14H2,1-3H3. The number of nitrogens with two attached hydrogens (primary N) is 1. The lowest BCUT2D eigenvalue weighted by Crippen LogP contribution is -2.46. The Morgan fingerprint density at radius 1 is 1.27 bits per heavy atom. The fraction of sp³-hybridized carbons (Fsp3) is 1.00. The topological polar surface area (TPSA) is 35.2 Å². The van der Waals surface area contributed by atoms with Crippen molar-refractivity contribution >= 4 is 0 Å². The molecule has 0 radical (unpaired) electrons. The third kappa shape index (κ3) is 3.76. The molecule has 1 fully saturated rings. The molecule has 0 aliphatic heterocycles. The Morgan fingerprint density at radius 2 is 1.87 bits per heavy atom. The maximum absolute atomic E-state index is 6.38. The van der Waals surface area contributed by atoms with Gasteiger partial charge in [0.05, 0.1) is 0 Å². The predicted octanol–water partition coefficient (Wildman–Crippen LogP) is 2.96. The minimum Gasteiger partial charge on any atom is -0.385 e. The third-order valence-electron chi connectivity index (χ3n) is 4.20. The second-order valence-corrected chi connectivity index (χ2v) is 5.37. The zero-order chi connectivity index (χ0) is 11.3. The van der Waals surface area contributed by atoms with Gasteiger partial charge < -0.3 is 10.5 Å². The van der Waals surface area contributed by atoms with Crippen molar-refractivity contribution in [2.45, 2.75) is 57.9 Å². The first-order valence-corrected chi connectivity index (χ1v) is 6.38. The van der Waals surface area contributed by atoms with Gasteiger partial charge in [0, 0.05) is 19.3 Å². The molecule has 90 valence electrons. The van der Waals surface area contributed by atoms with Gasteiger partial charge in [0.25, 0.3) is 0 Å². The summed E-state index contributed by atoms with van der Waals surface area (Å²) in [7, 11) is 1.75. The van der Waals surface area contributed by atoms with Gasteiger partial charge in [0.1, 0.15) is 0 Å². The molecule has 15 heavy (non-hydrogen) atoms. The van der Waals surface area contributed by atoms with E-state index in [2.05, 4.69) is 13.8 Å². The summed E-state index contributed by atoms with van der Waals surface area (Å²) in [5.41, 5.74) is 6.37. The number of hydrogen-bond donors (Lipinski definition) is 1. The van der Waals surface area contributed by atoms with Crippen LogP contribution in [0.2, 0.25) is 0 Å². The summed E-state index contributed by atoms with van der Waals surface area (Å²) in [6, 6.07) is 0. The van der Waals surface area contributed by atoms with Crippen LogP contribution in [0.1, 0.15) is 52.4 Å². The van der Waals surface area contributed by atoms with Crippen molar-refractivity contribution in [2.24, 2.45) is 17.6 Å². The Kier molecular flexibility index (Phi) is 5.07. The first-order chi connectivity index (χ1) is 7.10. The number of hydrogen-bond acceptors (Lipinski definition) is 2. The first-order valence-electron chi connectivity index (χ1n) is 6.38. The highest BCUT2D eigenvalue weighted by atomic mass is 16.5. The van der Waals surface area contributed by atoms with E-state index < -0.39 is 0 Å². The highest BCUT2D eigenvalue weighted by molar-refractivity contribution is 4.89. The molecule has 0 saturated heterocycles. The molecule has 1 atom stereocenters. The van der Waals surface area contributed by atoms with Crippen molar-refractivity contribution < 1.29 is 4.74 Å². The highest BCUT2D eigenvalue weighted by Gasteiger charge is 2.32. The molecule has 0 amide bonds. The average molecular weight is 213 g/mol. The molecular weight excluding hydrogens is 186 g/mol. The van der Waals surface area contributed by atoms with Crippen molar-refractivity contribution in [1.82, 2.24) is 0 Å². The number of rotatable bonds is 5. The summed E-state index contributed by atoms with van der Waals surface area (Å²) in [4.78, 5) is 0. The quantitative estimate of drug-likeness (QED) is 0.762. The summed E-state index contributed by atoms with van der Waals surface area (Å²) in [6.07, 6.45) is 7.71. The van der Waals surface area contributed by atoms with Gasteiger partial charge in [-0.25, -0.2) is 0 Å². The largest absolute Gasteiger partial charge is 0.385 e. The molecule has 0 aromatic carbocycles. The first kappa shape index (κ1) is 13.0. The number of methoxy groups -OCH3 is 1. The van der Waals surface area contributed by atoms with Crippen LogP contribution >= 0.6 is 0 Å². The van der Waals surface area contributed by atoms with E-state index >= 15 is 0 Å². The normalized spacial score (nSPS) is 31.2. The van der Waals surface area contributed by atoms with E-state index in [1.807, 2.05) is 0 Å². The van der Waals surface area contributed by atoms with Gasteiger partial charge in [0.2, 0.25) is 0 Å². The van der Waals surface area contributed by atoms with Crippen molar-refractivity contribution in [3.8, 4) is 0 Å². The highest BCUT2D eigenvalue weighted by Crippen LogP contribution is 2.36. The second-order valence-electron chi connectivity index (χ2n) is 5.37. The van der Waals surface area contributed by atoms with Gasteiger partial charge >= 0.3 is 0 Å². The third-order valence-corrected chi connectivity index (χ3v) is 4.20. The Labute approximate surface area is 94.6 Å². The van der Waals surface area contributed by atoms with Gasteiger partial charge in [-0.15, -0.1) is 0 Å². The van der Waals surface area contributed by atoms with Crippen molar-refractivity contribution in [1.29, 1.82) is 0 Å². The summed E-state index contributed by atoms with van der Waals surface area (Å²) in [5.74, 6) is 1.66. The lowest BCUT2D eigenvalue weighted by molar-refractivity contribution is 0.123. The molecule has 2 nitrogen and oxygen atoms in total. The molecule has 1 aliphatic carbocycles. The van der Waals surface area contributed by atoms with Crippen molar-refractivity contribution in [2.75, 3.05) is 13.7 Å². The summed E-state index contributed by atoms with van der Waals surface area (Å²) in [5, 5.41) is 0.